The van der Waals surface area contributed by atoms with E-state index in [2.05, 4.69) is 40.4 Å². The topological polar surface area (TPSA) is 54.0 Å². The van der Waals surface area contributed by atoms with E-state index in [1.807, 2.05) is 0 Å². The summed E-state index contributed by atoms with van der Waals surface area (Å²) in [7, 11) is -1.26. The van der Waals surface area contributed by atoms with E-state index in [1.54, 1.807) is 0 Å². The predicted octanol–water partition coefficient (Wildman–Crippen LogP) is 3.43. The minimum Gasteiger partial charge on any atom is -0.460 e. The highest BCUT2D eigenvalue weighted by Crippen LogP contribution is 2.44. The maximum atomic E-state index is 10.9. The molecule has 1 saturated heterocycles. The maximum Gasteiger partial charge on any atom is 0.293 e. The third-order valence-corrected chi connectivity index (χ3v) is 5.81. The van der Waals surface area contributed by atoms with Gasteiger partial charge in [-0.2, -0.15) is 0 Å². The van der Waals surface area contributed by atoms with Gasteiger partial charge in [0.1, 0.15) is 6.10 Å². The third kappa shape index (κ3) is 5.39. The molecule has 2 unspecified atom stereocenters. The number of ether oxygens (including phenoxy) is 3. The summed E-state index contributed by atoms with van der Waals surface area (Å²) >= 11 is 0. The van der Waals surface area contributed by atoms with E-state index in [4.69, 9.17) is 18.6 Å². The molecular formula is C19H34O5Si. The SMILES string of the molecule is C=C1[C@H](OC=O)C[C@H](OC2CCCCO2)[C@@H]1C(O[SiH](C)C)C(C)(C)C. The van der Waals surface area contributed by atoms with Gasteiger partial charge in [0.25, 0.3) is 6.47 Å². The van der Waals surface area contributed by atoms with Gasteiger partial charge in [-0.3, -0.25) is 4.79 Å². The van der Waals surface area contributed by atoms with Crippen LogP contribution in [0.4, 0.5) is 0 Å². The standard InChI is InChI=1S/C19H34O5Si/c1-13-14(22-12-20)11-15(23-16-9-7-8-10-21-16)17(13)18(19(2,3)4)24-25(5)6/h12,14-18,25H,1,7-11H2,2-6H3/t14-,15+,16?,17-,18?/m1/s1. The molecule has 25 heavy (non-hydrogen) atoms. The van der Waals surface area contributed by atoms with Crippen LogP contribution >= 0.6 is 0 Å². The fraction of sp³-hybridized carbons (Fsp3) is 0.842. The summed E-state index contributed by atoms with van der Waals surface area (Å²) in [5, 5.41) is 0. The van der Waals surface area contributed by atoms with Crippen molar-refractivity contribution < 1.29 is 23.4 Å². The molecule has 0 amide bonds. The zero-order valence-corrected chi connectivity index (χ0v) is 17.5. The van der Waals surface area contributed by atoms with Crippen molar-refractivity contribution >= 4 is 15.5 Å². The van der Waals surface area contributed by atoms with E-state index < -0.39 is 9.04 Å². The first-order valence-corrected chi connectivity index (χ1v) is 12.2. The molecule has 0 bridgehead atoms. The molecule has 0 radical (unpaired) electrons. The van der Waals surface area contributed by atoms with Crippen molar-refractivity contribution in [2.24, 2.45) is 11.3 Å². The largest absolute Gasteiger partial charge is 0.460 e. The molecule has 2 fully saturated rings. The molecule has 0 N–H and O–H groups in total. The van der Waals surface area contributed by atoms with Crippen LogP contribution in [-0.2, 0) is 23.4 Å². The molecule has 5 atom stereocenters. The number of carbonyl (C=O) groups excluding carboxylic acids is 1. The molecule has 0 aromatic rings. The number of rotatable bonds is 7. The summed E-state index contributed by atoms with van der Waals surface area (Å²) in [4.78, 5) is 10.9. The molecule has 6 heteroatoms. The van der Waals surface area contributed by atoms with Crippen molar-refractivity contribution in [1.82, 2.24) is 0 Å². The van der Waals surface area contributed by atoms with Crippen molar-refractivity contribution in [2.45, 2.75) is 84.2 Å². The van der Waals surface area contributed by atoms with Crippen LogP contribution in [0.15, 0.2) is 12.2 Å². The van der Waals surface area contributed by atoms with Gasteiger partial charge in [0.2, 0.25) is 0 Å². The molecule has 5 nitrogen and oxygen atoms in total. The van der Waals surface area contributed by atoms with Crippen LogP contribution in [0, 0.1) is 11.3 Å². The number of hydrogen-bond acceptors (Lipinski definition) is 5. The van der Waals surface area contributed by atoms with E-state index in [9.17, 15) is 4.79 Å². The second-order valence-electron chi connectivity index (χ2n) is 8.50. The Bertz CT molecular complexity index is 453. The second kappa shape index (κ2) is 8.80. The summed E-state index contributed by atoms with van der Waals surface area (Å²) in [6.07, 6.45) is 3.14. The van der Waals surface area contributed by atoms with E-state index in [0.29, 0.717) is 12.9 Å². The third-order valence-electron chi connectivity index (χ3n) is 4.97. The van der Waals surface area contributed by atoms with Gasteiger partial charge in [-0.25, -0.2) is 0 Å². The Kier molecular flexibility index (Phi) is 7.26. The Morgan fingerprint density at radius 3 is 2.56 bits per heavy atom. The Labute approximate surface area is 153 Å². The normalized spacial score (nSPS) is 32.0. The molecule has 2 aliphatic rings. The van der Waals surface area contributed by atoms with Crippen LogP contribution in [-0.4, -0.2) is 46.7 Å². The first-order valence-electron chi connectivity index (χ1n) is 9.44. The van der Waals surface area contributed by atoms with Gasteiger partial charge in [0.15, 0.2) is 15.3 Å². The second-order valence-corrected chi connectivity index (χ2v) is 10.9. The highest BCUT2D eigenvalue weighted by atomic mass is 28.3. The molecule has 0 aromatic heterocycles. The van der Waals surface area contributed by atoms with Gasteiger partial charge in [0.05, 0.1) is 12.2 Å². The summed E-state index contributed by atoms with van der Waals surface area (Å²) < 4.78 is 23.8. The lowest BCUT2D eigenvalue weighted by atomic mass is 9.78. The molecule has 144 valence electrons. The van der Waals surface area contributed by atoms with Gasteiger partial charge in [-0.05, 0) is 43.3 Å². The van der Waals surface area contributed by atoms with Crippen molar-refractivity contribution in [2.75, 3.05) is 6.61 Å². The zero-order valence-electron chi connectivity index (χ0n) is 16.3. The van der Waals surface area contributed by atoms with Crippen molar-refractivity contribution in [3.05, 3.63) is 12.2 Å². The average Bonchev–Trinajstić information content (AvgIpc) is 2.81. The van der Waals surface area contributed by atoms with Crippen LogP contribution in [0.2, 0.25) is 13.1 Å². The van der Waals surface area contributed by atoms with Gasteiger partial charge < -0.3 is 18.6 Å². The molecule has 0 spiro atoms. The lowest BCUT2D eigenvalue weighted by Crippen LogP contribution is -2.44. The van der Waals surface area contributed by atoms with Crippen LogP contribution in [0.1, 0.15) is 46.5 Å². The Morgan fingerprint density at radius 2 is 2.04 bits per heavy atom. The van der Waals surface area contributed by atoms with Gasteiger partial charge in [0, 0.05) is 18.9 Å². The Balaban J connectivity index is 2.22. The molecule has 2 rings (SSSR count). The summed E-state index contributed by atoms with van der Waals surface area (Å²) in [6, 6.07) is 0. The Hall–Kier alpha value is -0.693. The maximum absolute atomic E-state index is 10.9. The van der Waals surface area contributed by atoms with Crippen LogP contribution in [0.3, 0.4) is 0 Å². The monoisotopic (exact) mass is 370 g/mol. The quantitative estimate of drug-likeness (QED) is 0.390. The van der Waals surface area contributed by atoms with Crippen LogP contribution in [0.5, 0.6) is 0 Å². The fourth-order valence-corrected chi connectivity index (χ4v) is 5.00. The summed E-state index contributed by atoms with van der Waals surface area (Å²) in [5.41, 5.74) is 0.846. The van der Waals surface area contributed by atoms with E-state index in [-0.39, 0.29) is 35.9 Å². The van der Waals surface area contributed by atoms with Gasteiger partial charge in [-0.1, -0.05) is 27.4 Å². The fourth-order valence-electron chi connectivity index (χ4n) is 3.84. The first-order chi connectivity index (χ1) is 11.7. The minimum atomic E-state index is -1.26. The van der Waals surface area contributed by atoms with Crippen LogP contribution in [0.25, 0.3) is 0 Å². The first kappa shape index (κ1) is 20.6. The smallest absolute Gasteiger partial charge is 0.293 e. The molecule has 1 heterocycles. The summed E-state index contributed by atoms with van der Waals surface area (Å²) in [6.45, 7) is 16.4. The lowest BCUT2D eigenvalue weighted by Gasteiger charge is -2.40. The zero-order chi connectivity index (χ0) is 18.6. The highest BCUT2D eigenvalue weighted by Gasteiger charge is 2.48. The van der Waals surface area contributed by atoms with Crippen molar-refractivity contribution in [3.63, 3.8) is 0 Å². The van der Waals surface area contributed by atoms with Gasteiger partial charge >= 0.3 is 0 Å². The van der Waals surface area contributed by atoms with Crippen molar-refractivity contribution in [1.29, 1.82) is 0 Å². The Morgan fingerprint density at radius 1 is 1.32 bits per heavy atom. The molecule has 1 aliphatic carbocycles. The molecule has 0 aromatic carbocycles. The lowest BCUT2D eigenvalue weighted by molar-refractivity contribution is -0.201. The highest BCUT2D eigenvalue weighted by molar-refractivity contribution is 6.48. The number of hydrogen-bond donors (Lipinski definition) is 0. The molecule has 1 saturated carbocycles. The molecule has 1 aliphatic heterocycles. The van der Waals surface area contributed by atoms with E-state index in [1.165, 1.54) is 0 Å². The molecular weight excluding hydrogens is 336 g/mol. The minimum absolute atomic E-state index is 0.00498. The number of carbonyl (C=O) groups is 1. The van der Waals surface area contributed by atoms with E-state index >= 15 is 0 Å². The average molecular weight is 371 g/mol. The van der Waals surface area contributed by atoms with Crippen LogP contribution < -0.4 is 0 Å². The van der Waals surface area contributed by atoms with Crippen molar-refractivity contribution in [3.8, 4) is 0 Å². The van der Waals surface area contributed by atoms with Gasteiger partial charge in [-0.15, -0.1) is 0 Å². The predicted molar refractivity (Wildman–Crippen MR) is 99.9 cm³/mol. The summed E-state index contributed by atoms with van der Waals surface area (Å²) in [5.74, 6) is 0.00498. The van der Waals surface area contributed by atoms with E-state index in [0.717, 1.165) is 31.4 Å².